The second-order valence-electron chi connectivity index (χ2n) is 5.91. The smallest absolute Gasteiger partial charge is 0.119 e. The van der Waals surface area contributed by atoms with Crippen molar-refractivity contribution in [3.05, 3.63) is 65.7 Å². The maximum absolute atomic E-state index is 11.0. The number of rotatable bonds is 4. The number of hydrogen-bond acceptors (Lipinski definition) is 3. The molecule has 2 unspecified atom stereocenters. The third-order valence-corrected chi connectivity index (χ3v) is 4.43. The van der Waals surface area contributed by atoms with Crippen LogP contribution in [-0.2, 0) is 12.0 Å². The van der Waals surface area contributed by atoms with Crippen molar-refractivity contribution in [2.75, 3.05) is 18.0 Å². The quantitative estimate of drug-likeness (QED) is 0.904. The number of nitrogens with zero attached hydrogens (tertiary/aromatic N) is 1. The number of nitrogens with two attached hydrogens (primary N) is 1. The van der Waals surface area contributed by atoms with E-state index in [-0.39, 0.29) is 6.54 Å². The largest absolute Gasteiger partial charge is 0.382 e. The minimum Gasteiger partial charge on any atom is -0.382 e. The molecule has 3 N–H and O–H groups in total. The second kappa shape index (κ2) is 5.51. The second-order valence-corrected chi connectivity index (χ2v) is 5.91. The van der Waals surface area contributed by atoms with Gasteiger partial charge in [0.15, 0.2) is 0 Å². The van der Waals surface area contributed by atoms with Crippen molar-refractivity contribution < 1.29 is 5.11 Å². The van der Waals surface area contributed by atoms with Crippen LogP contribution in [0, 0.1) is 0 Å². The highest BCUT2D eigenvalue weighted by Gasteiger charge is 2.35. The summed E-state index contributed by atoms with van der Waals surface area (Å²) < 4.78 is 0. The topological polar surface area (TPSA) is 49.5 Å². The van der Waals surface area contributed by atoms with Crippen LogP contribution < -0.4 is 10.6 Å². The lowest BCUT2D eigenvalue weighted by molar-refractivity contribution is 0.0520. The van der Waals surface area contributed by atoms with E-state index in [0.29, 0.717) is 12.6 Å². The van der Waals surface area contributed by atoms with Crippen LogP contribution in [0.1, 0.15) is 18.1 Å². The highest BCUT2D eigenvalue weighted by molar-refractivity contribution is 5.59. The fourth-order valence-electron chi connectivity index (χ4n) is 3.17. The van der Waals surface area contributed by atoms with Crippen molar-refractivity contribution in [3.8, 4) is 0 Å². The third kappa shape index (κ3) is 2.55. The van der Waals surface area contributed by atoms with Crippen LogP contribution in [-0.4, -0.2) is 24.2 Å². The van der Waals surface area contributed by atoms with Gasteiger partial charge in [-0.2, -0.15) is 0 Å². The van der Waals surface area contributed by atoms with Crippen LogP contribution >= 0.6 is 0 Å². The van der Waals surface area contributed by atoms with Crippen LogP contribution in [0.25, 0.3) is 0 Å². The molecule has 1 heterocycles. The Morgan fingerprint density at radius 3 is 2.52 bits per heavy atom. The van der Waals surface area contributed by atoms with Crippen molar-refractivity contribution in [2.24, 2.45) is 5.73 Å². The van der Waals surface area contributed by atoms with Crippen LogP contribution in [0.5, 0.6) is 0 Å². The van der Waals surface area contributed by atoms with Gasteiger partial charge in [0.05, 0.1) is 6.54 Å². The summed E-state index contributed by atoms with van der Waals surface area (Å²) in [6, 6.07) is 18.5. The summed E-state index contributed by atoms with van der Waals surface area (Å²) in [5.74, 6) is 0. The molecule has 3 rings (SSSR count). The SMILES string of the molecule is CC1Cc2ccccc2N1CC(O)(CN)c1ccccc1. The van der Waals surface area contributed by atoms with Gasteiger partial charge in [0.25, 0.3) is 0 Å². The number of fused-ring (bicyclic) bond motifs is 1. The molecule has 3 nitrogen and oxygen atoms in total. The Morgan fingerprint density at radius 2 is 1.81 bits per heavy atom. The Bertz CT molecular complexity index is 614. The third-order valence-electron chi connectivity index (χ3n) is 4.43. The van der Waals surface area contributed by atoms with E-state index in [9.17, 15) is 5.11 Å². The van der Waals surface area contributed by atoms with Gasteiger partial charge in [-0.15, -0.1) is 0 Å². The van der Waals surface area contributed by atoms with Gasteiger partial charge >= 0.3 is 0 Å². The minimum atomic E-state index is -1.02. The summed E-state index contributed by atoms with van der Waals surface area (Å²) in [4.78, 5) is 2.27. The summed E-state index contributed by atoms with van der Waals surface area (Å²) in [5.41, 5.74) is 8.32. The van der Waals surface area contributed by atoms with E-state index in [1.807, 2.05) is 36.4 Å². The van der Waals surface area contributed by atoms with E-state index in [1.165, 1.54) is 11.3 Å². The fourth-order valence-corrected chi connectivity index (χ4v) is 3.17. The van der Waals surface area contributed by atoms with Crippen molar-refractivity contribution >= 4 is 5.69 Å². The molecule has 0 saturated carbocycles. The van der Waals surface area contributed by atoms with Crippen LogP contribution in [0.4, 0.5) is 5.69 Å². The van der Waals surface area contributed by atoms with Crippen molar-refractivity contribution in [1.29, 1.82) is 0 Å². The van der Waals surface area contributed by atoms with Crippen molar-refractivity contribution in [3.63, 3.8) is 0 Å². The molecular weight excluding hydrogens is 260 g/mol. The van der Waals surface area contributed by atoms with Gasteiger partial charge in [-0.25, -0.2) is 0 Å². The predicted molar refractivity (Wildman–Crippen MR) is 86.3 cm³/mol. The lowest BCUT2D eigenvalue weighted by atomic mass is 9.93. The van der Waals surface area contributed by atoms with Gasteiger partial charge in [0.2, 0.25) is 0 Å². The maximum Gasteiger partial charge on any atom is 0.119 e. The molecule has 0 amide bonds. The molecule has 0 saturated heterocycles. The number of aliphatic hydroxyl groups is 1. The predicted octanol–water partition coefficient (Wildman–Crippen LogP) is 2.28. The average molecular weight is 282 g/mol. The van der Waals surface area contributed by atoms with E-state index in [0.717, 1.165) is 12.0 Å². The number of hydrogen-bond donors (Lipinski definition) is 2. The van der Waals surface area contributed by atoms with Gasteiger partial charge in [-0.05, 0) is 30.5 Å². The number of para-hydroxylation sites is 1. The van der Waals surface area contributed by atoms with E-state index >= 15 is 0 Å². The van der Waals surface area contributed by atoms with Crippen molar-refractivity contribution in [2.45, 2.75) is 25.0 Å². The molecule has 1 aliphatic rings. The van der Waals surface area contributed by atoms with Crippen LogP contribution in [0.2, 0.25) is 0 Å². The first kappa shape index (κ1) is 14.1. The number of β-amino-alcohol motifs (C(OH)–C–C–N with tert-alkyl or cyclic N) is 1. The van der Waals surface area contributed by atoms with Gasteiger partial charge in [0, 0.05) is 18.3 Å². The lowest BCUT2D eigenvalue weighted by Crippen LogP contribution is -2.47. The molecule has 2 aromatic rings. The Balaban J connectivity index is 1.91. The van der Waals surface area contributed by atoms with Gasteiger partial charge in [-0.1, -0.05) is 48.5 Å². The zero-order chi connectivity index (χ0) is 14.9. The van der Waals surface area contributed by atoms with E-state index in [2.05, 4.69) is 30.0 Å². The Kier molecular flexibility index (Phi) is 3.70. The molecule has 0 fully saturated rings. The molecule has 1 aliphatic heterocycles. The van der Waals surface area contributed by atoms with E-state index < -0.39 is 5.60 Å². The highest BCUT2D eigenvalue weighted by Crippen LogP contribution is 2.34. The van der Waals surface area contributed by atoms with Gasteiger partial charge in [-0.3, -0.25) is 0 Å². The summed E-state index contributed by atoms with van der Waals surface area (Å²) in [7, 11) is 0. The number of benzene rings is 2. The van der Waals surface area contributed by atoms with E-state index in [4.69, 9.17) is 5.73 Å². The standard InChI is InChI=1S/C18H22N2O/c1-14-11-15-7-5-6-10-17(15)20(14)13-18(21,12-19)16-8-3-2-4-9-16/h2-10,14,21H,11-13,19H2,1H3. The molecule has 2 atom stereocenters. The Labute approximate surface area is 126 Å². The minimum absolute atomic E-state index is 0.211. The monoisotopic (exact) mass is 282 g/mol. The van der Waals surface area contributed by atoms with Gasteiger partial charge < -0.3 is 15.7 Å². The number of anilines is 1. The normalized spacial score (nSPS) is 20.1. The Morgan fingerprint density at radius 1 is 1.14 bits per heavy atom. The van der Waals surface area contributed by atoms with Crippen molar-refractivity contribution in [1.82, 2.24) is 0 Å². The summed E-state index contributed by atoms with van der Waals surface area (Å²) in [5, 5.41) is 11.0. The summed E-state index contributed by atoms with van der Waals surface area (Å²) in [6.07, 6.45) is 1.02. The van der Waals surface area contributed by atoms with E-state index in [1.54, 1.807) is 0 Å². The summed E-state index contributed by atoms with van der Waals surface area (Å²) >= 11 is 0. The molecule has 0 aliphatic carbocycles. The molecular formula is C18H22N2O. The molecule has 21 heavy (non-hydrogen) atoms. The molecule has 0 aromatic heterocycles. The highest BCUT2D eigenvalue weighted by atomic mass is 16.3. The molecule has 110 valence electrons. The molecule has 0 bridgehead atoms. The molecule has 0 spiro atoms. The molecule has 3 heteroatoms. The first-order valence-corrected chi connectivity index (χ1v) is 7.46. The first-order chi connectivity index (χ1) is 10.1. The summed E-state index contributed by atoms with van der Waals surface area (Å²) in [6.45, 7) is 2.93. The fraction of sp³-hybridized carbons (Fsp3) is 0.333. The van der Waals surface area contributed by atoms with Crippen LogP contribution in [0.3, 0.4) is 0 Å². The zero-order valence-corrected chi connectivity index (χ0v) is 12.4. The van der Waals surface area contributed by atoms with Gasteiger partial charge in [0.1, 0.15) is 5.60 Å². The molecule has 0 radical (unpaired) electrons. The van der Waals surface area contributed by atoms with Crippen LogP contribution in [0.15, 0.2) is 54.6 Å². The first-order valence-electron chi connectivity index (χ1n) is 7.46. The lowest BCUT2D eigenvalue weighted by Gasteiger charge is -2.35. The average Bonchev–Trinajstić information content (AvgIpc) is 2.84. The zero-order valence-electron chi connectivity index (χ0n) is 12.4. The Hall–Kier alpha value is -1.84. The maximum atomic E-state index is 11.0. The molecule has 2 aromatic carbocycles.